The SMILES string of the molecule is Cc1ccc(CN(C(=O)c2cccc(C)c2)C2CC(=O)N(c3ccccc3)C2=O)cc1. The number of aryl methyl sites for hydroxylation is 2. The van der Waals surface area contributed by atoms with Crippen LogP contribution in [0.1, 0.15) is 33.5 Å². The highest BCUT2D eigenvalue weighted by atomic mass is 16.2. The first kappa shape index (κ1) is 20.5. The predicted octanol–water partition coefficient (Wildman–Crippen LogP) is 4.28. The second-order valence-electron chi connectivity index (χ2n) is 7.91. The van der Waals surface area contributed by atoms with E-state index >= 15 is 0 Å². The van der Waals surface area contributed by atoms with Crippen molar-refractivity contribution in [1.82, 2.24) is 4.90 Å². The Balaban J connectivity index is 1.70. The van der Waals surface area contributed by atoms with E-state index in [2.05, 4.69) is 0 Å². The van der Waals surface area contributed by atoms with E-state index in [-0.39, 0.29) is 30.7 Å². The minimum atomic E-state index is -0.845. The Kier molecular flexibility index (Phi) is 5.67. The standard InChI is InChI=1S/C26H24N2O3/c1-18-11-13-20(14-12-18)17-27(25(30)21-8-6-7-19(2)15-21)23-16-24(29)28(26(23)31)22-9-4-3-5-10-22/h3-15,23H,16-17H2,1-2H3. The Hall–Kier alpha value is -3.73. The van der Waals surface area contributed by atoms with Crippen LogP contribution in [0, 0.1) is 13.8 Å². The molecular formula is C26H24N2O3. The topological polar surface area (TPSA) is 57.7 Å². The van der Waals surface area contributed by atoms with Crippen molar-refractivity contribution < 1.29 is 14.4 Å². The van der Waals surface area contributed by atoms with Crippen molar-refractivity contribution >= 4 is 23.4 Å². The van der Waals surface area contributed by atoms with E-state index in [9.17, 15) is 14.4 Å². The van der Waals surface area contributed by atoms with Crippen molar-refractivity contribution in [2.45, 2.75) is 32.9 Å². The highest BCUT2D eigenvalue weighted by molar-refractivity contribution is 6.23. The fraction of sp³-hybridized carbons (Fsp3) is 0.192. The molecule has 5 nitrogen and oxygen atoms in total. The van der Waals surface area contributed by atoms with Crippen molar-refractivity contribution in [3.63, 3.8) is 0 Å². The minimum absolute atomic E-state index is 0.0306. The maximum absolute atomic E-state index is 13.5. The van der Waals surface area contributed by atoms with Crippen molar-refractivity contribution in [3.05, 3.63) is 101 Å². The molecule has 0 bridgehead atoms. The summed E-state index contributed by atoms with van der Waals surface area (Å²) in [4.78, 5) is 42.3. The van der Waals surface area contributed by atoms with Crippen LogP contribution in [-0.4, -0.2) is 28.7 Å². The molecular weight excluding hydrogens is 388 g/mol. The van der Waals surface area contributed by atoms with Gasteiger partial charge in [0, 0.05) is 12.1 Å². The van der Waals surface area contributed by atoms with Gasteiger partial charge in [-0.15, -0.1) is 0 Å². The first-order valence-electron chi connectivity index (χ1n) is 10.3. The van der Waals surface area contributed by atoms with Gasteiger partial charge in [-0.05, 0) is 43.7 Å². The Morgan fingerprint density at radius 3 is 2.29 bits per heavy atom. The van der Waals surface area contributed by atoms with E-state index < -0.39 is 6.04 Å². The monoisotopic (exact) mass is 412 g/mol. The number of hydrogen-bond donors (Lipinski definition) is 0. The molecule has 4 rings (SSSR count). The summed E-state index contributed by atoms with van der Waals surface area (Å²) in [5.41, 5.74) is 4.01. The minimum Gasteiger partial charge on any atom is -0.322 e. The Bertz CT molecular complexity index is 1120. The van der Waals surface area contributed by atoms with Crippen LogP contribution >= 0.6 is 0 Å². The number of imide groups is 1. The number of carbonyl (C=O) groups excluding carboxylic acids is 3. The molecule has 1 aliphatic heterocycles. The number of rotatable bonds is 5. The summed E-state index contributed by atoms with van der Waals surface area (Å²) < 4.78 is 0. The quantitative estimate of drug-likeness (QED) is 0.588. The number of nitrogens with zero attached hydrogens (tertiary/aromatic N) is 2. The molecule has 0 aliphatic carbocycles. The van der Waals surface area contributed by atoms with Crippen LogP contribution < -0.4 is 4.90 Å². The van der Waals surface area contributed by atoms with Crippen molar-refractivity contribution in [3.8, 4) is 0 Å². The smallest absolute Gasteiger partial charge is 0.257 e. The van der Waals surface area contributed by atoms with Crippen LogP contribution in [0.25, 0.3) is 0 Å². The molecule has 1 atom stereocenters. The van der Waals surface area contributed by atoms with Crippen LogP contribution in [0.5, 0.6) is 0 Å². The van der Waals surface area contributed by atoms with Crippen LogP contribution in [0.3, 0.4) is 0 Å². The Morgan fingerprint density at radius 1 is 0.903 bits per heavy atom. The van der Waals surface area contributed by atoms with E-state index in [1.165, 1.54) is 9.80 Å². The van der Waals surface area contributed by atoms with Gasteiger partial charge >= 0.3 is 0 Å². The van der Waals surface area contributed by atoms with E-state index in [1.807, 2.05) is 56.3 Å². The number of anilines is 1. The summed E-state index contributed by atoms with van der Waals surface area (Å²) in [5, 5.41) is 0. The molecule has 0 N–H and O–H groups in total. The van der Waals surface area contributed by atoms with Gasteiger partial charge in [-0.1, -0.05) is 65.7 Å². The lowest BCUT2D eigenvalue weighted by atomic mass is 10.1. The largest absolute Gasteiger partial charge is 0.322 e. The fourth-order valence-electron chi connectivity index (χ4n) is 3.87. The number of para-hydroxylation sites is 1. The first-order valence-corrected chi connectivity index (χ1v) is 10.3. The zero-order valence-corrected chi connectivity index (χ0v) is 17.6. The second kappa shape index (κ2) is 8.56. The first-order chi connectivity index (χ1) is 14.9. The van der Waals surface area contributed by atoms with Crippen LogP contribution in [0.15, 0.2) is 78.9 Å². The molecule has 0 spiro atoms. The summed E-state index contributed by atoms with van der Waals surface area (Å²) >= 11 is 0. The molecule has 0 radical (unpaired) electrons. The third-order valence-electron chi connectivity index (χ3n) is 5.51. The molecule has 3 aromatic rings. The number of benzene rings is 3. The number of amides is 3. The van der Waals surface area contributed by atoms with Gasteiger partial charge in [0.05, 0.1) is 12.1 Å². The summed E-state index contributed by atoms with van der Waals surface area (Å²) in [6.45, 7) is 4.16. The van der Waals surface area contributed by atoms with Gasteiger partial charge in [0.15, 0.2) is 0 Å². The lowest BCUT2D eigenvalue weighted by Gasteiger charge is -2.28. The molecule has 3 aromatic carbocycles. The fourth-order valence-corrected chi connectivity index (χ4v) is 3.87. The van der Waals surface area contributed by atoms with E-state index in [1.54, 1.807) is 36.4 Å². The molecule has 1 aliphatic rings. The lowest BCUT2D eigenvalue weighted by molar-refractivity contribution is -0.122. The van der Waals surface area contributed by atoms with E-state index in [0.717, 1.165) is 16.7 Å². The maximum atomic E-state index is 13.5. The molecule has 156 valence electrons. The zero-order valence-electron chi connectivity index (χ0n) is 17.6. The lowest BCUT2D eigenvalue weighted by Crippen LogP contribution is -2.45. The Morgan fingerprint density at radius 2 is 1.61 bits per heavy atom. The second-order valence-corrected chi connectivity index (χ2v) is 7.91. The maximum Gasteiger partial charge on any atom is 0.257 e. The van der Waals surface area contributed by atoms with Crippen molar-refractivity contribution in [1.29, 1.82) is 0 Å². The molecule has 0 aromatic heterocycles. The van der Waals surface area contributed by atoms with Gasteiger partial charge in [0.25, 0.3) is 11.8 Å². The van der Waals surface area contributed by atoms with Gasteiger partial charge in [-0.2, -0.15) is 0 Å². The molecule has 3 amide bonds. The predicted molar refractivity (Wildman–Crippen MR) is 120 cm³/mol. The average Bonchev–Trinajstić information content (AvgIpc) is 3.07. The summed E-state index contributed by atoms with van der Waals surface area (Å²) in [5.74, 6) is -0.929. The Labute approximate surface area is 181 Å². The number of carbonyl (C=O) groups is 3. The molecule has 1 saturated heterocycles. The molecule has 0 saturated carbocycles. The molecule has 1 heterocycles. The summed E-state index contributed by atoms with van der Waals surface area (Å²) in [7, 11) is 0. The molecule has 31 heavy (non-hydrogen) atoms. The molecule has 5 heteroatoms. The van der Waals surface area contributed by atoms with E-state index in [4.69, 9.17) is 0 Å². The van der Waals surface area contributed by atoms with Gasteiger partial charge in [0.1, 0.15) is 6.04 Å². The third kappa shape index (κ3) is 4.26. The summed E-state index contributed by atoms with van der Waals surface area (Å²) in [6, 6.07) is 23.1. The van der Waals surface area contributed by atoms with Gasteiger partial charge in [-0.25, -0.2) is 4.90 Å². The van der Waals surface area contributed by atoms with E-state index in [0.29, 0.717) is 11.3 Å². The van der Waals surface area contributed by atoms with Crippen LogP contribution in [-0.2, 0) is 16.1 Å². The van der Waals surface area contributed by atoms with Gasteiger partial charge in [0.2, 0.25) is 5.91 Å². The number of hydrogen-bond acceptors (Lipinski definition) is 3. The van der Waals surface area contributed by atoms with Crippen molar-refractivity contribution in [2.24, 2.45) is 0 Å². The summed E-state index contributed by atoms with van der Waals surface area (Å²) in [6.07, 6.45) is -0.0306. The molecule has 1 unspecified atom stereocenters. The highest BCUT2D eigenvalue weighted by Gasteiger charge is 2.44. The van der Waals surface area contributed by atoms with Crippen molar-refractivity contribution in [2.75, 3.05) is 4.90 Å². The molecule has 1 fully saturated rings. The highest BCUT2D eigenvalue weighted by Crippen LogP contribution is 2.28. The third-order valence-corrected chi connectivity index (χ3v) is 5.51. The van der Waals surface area contributed by atoms with Gasteiger partial charge in [-0.3, -0.25) is 14.4 Å². The van der Waals surface area contributed by atoms with Gasteiger partial charge < -0.3 is 4.90 Å². The average molecular weight is 412 g/mol. The van der Waals surface area contributed by atoms with Crippen LogP contribution in [0.2, 0.25) is 0 Å². The zero-order chi connectivity index (χ0) is 22.0. The normalized spacial score (nSPS) is 15.9. The van der Waals surface area contributed by atoms with Crippen LogP contribution in [0.4, 0.5) is 5.69 Å².